The number of piperazine rings is 1. The Labute approximate surface area is 161 Å². The van der Waals surface area contributed by atoms with Crippen LogP contribution in [0.5, 0.6) is 0 Å². The quantitative estimate of drug-likeness (QED) is 0.442. The molecule has 0 unspecified atom stereocenters. The summed E-state index contributed by atoms with van der Waals surface area (Å²) in [5.74, 6) is 1.06. The van der Waals surface area contributed by atoms with Gasteiger partial charge >= 0.3 is 0 Å². The molecule has 3 N–H and O–H groups in total. The van der Waals surface area contributed by atoms with Crippen molar-refractivity contribution in [1.82, 2.24) is 14.8 Å². The van der Waals surface area contributed by atoms with Crippen LogP contribution >= 0.6 is 27.7 Å². The first kappa shape index (κ1) is 18.2. The topological polar surface area (TPSA) is 69.2 Å². The summed E-state index contributed by atoms with van der Waals surface area (Å²) in [5, 5.41) is 8.62. The minimum absolute atomic E-state index is 0.172. The van der Waals surface area contributed by atoms with Crippen LogP contribution in [-0.4, -0.2) is 46.9 Å². The zero-order valence-corrected chi connectivity index (χ0v) is 16.4. The smallest absolute Gasteiger partial charge is 0.188 e. The Bertz CT molecular complexity index is 731. The van der Waals surface area contributed by atoms with Crippen LogP contribution in [0.4, 0.5) is 0 Å². The molecule has 3 rings (SSSR count). The van der Waals surface area contributed by atoms with E-state index in [2.05, 4.69) is 50.1 Å². The van der Waals surface area contributed by atoms with E-state index in [1.807, 2.05) is 23.2 Å². The lowest BCUT2D eigenvalue weighted by Gasteiger charge is -2.35. The van der Waals surface area contributed by atoms with Gasteiger partial charge in [0.2, 0.25) is 0 Å². The molecule has 7 heteroatoms. The first-order chi connectivity index (χ1) is 12.1. The lowest BCUT2D eigenvalue weighted by molar-refractivity contribution is 0.172. The van der Waals surface area contributed by atoms with Crippen LogP contribution < -0.4 is 5.73 Å². The number of aromatic nitrogens is 1. The monoisotopic (exact) mass is 419 g/mol. The van der Waals surface area contributed by atoms with E-state index in [-0.39, 0.29) is 5.96 Å². The van der Waals surface area contributed by atoms with E-state index in [0.717, 1.165) is 48.0 Å². The Morgan fingerprint density at radius 3 is 2.56 bits per heavy atom. The van der Waals surface area contributed by atoms with Crippen LogP contribution in [0.2, 0.25) is 0 Å². The predicted molar refractivity (Wildman–Crippen MR) is 107 cm³/mol. The first-order valence-corrected chi connectivity index (χ1v) is 10.0. The second kappa shape index (κ2) is 8.69. The Balaban J connectivity index is 1.61. The second-order valence-corrected chi connectivity index (χ2v) is 7.81. The molecule has 1 aliphatic heterocycles. The lowest BCUT2D eigenvalue weighted by Crippen LogP contribution is -2.50. The molecule has 132 valence electrons. The van der Waals surface area contributed by atoms with Crippen LogP contribution in [-0.2, 0) is 12.3 Å². The van der Waals surface area contributed by atoms with Crippen molar-refractivity contribution in [2.75, 3.05) is 26.2 Å². The Kier molecular flexibility index (Phi) is 6.34. The number of nitrogens with one attached hydrogen (secondary N) is 1. The molecule has 25 heavy (non-hydrogen) atoms. The molecule has 0 aliphatic carbocycles. The summed E-state index contributed by atoms with van der Waals surface area (Å²) in [6, 6.07) is 12.5. The maximum absolute atomic E-state index is 7.53. The van der Waals surface area contributed by atoms with E-state index in [9.17, 15) is 0 Å². The number of thioether (sulfide) groups is 1. The summed E-state index contributed by atoms with van der Waals surface area (Å²) >= 11 is 5.39. The number of nitrogens with two attached hydrogens (primary N) is 1. The van der Waals surface area contributed by atoms with Gasteiger partial charge in [0.1, 0.15) is 5.03 Å². The van der Waals surface area contributed by atoms with Crippen LogP contribution in [0.1, 0.15) is 11.1 Å². The average molecular weight is 420 g/mol. The van der Waals surface area contributed by atoms with Crippen LogP contribution in [0.3, 0.4) is 0 Å². The molecule has 1 saturated heterocycles. The Morgan fingerprint density at radius 1 is 1.12 bits per heavy atom. The minimum atomic E-state index is 0.172. The van der Waals surface area contributed by atoms with Crippen LogP contribution in [0, 0.1) is 5.41 Å². The lowest BCUT2D eigenvalue weighted by atomic mass is 10.2. The van der Waals surface area contributed by atoms with Crippen LogP contribution in [0.15, 0.2) is 52.1 Å². The predicted octanol–water partition coefficient (Wildman–Crippen LogP) is 3.15. The van der Waals surface area contributed by atoms with Gasteiger partial charge in [-0.1, -0.05) is 40.2 Å². The third kappa shape index (κ3) is 4.96. The normalized spacial score (nSPS) is 15.3. The molecule has 0 spiro atoms. The van der Waals surface area contributed by atoms with E-state index < -0.39 is 0 Å². The van der Waals surface area contributed by atoms with Gasteiger partial charge in [-0.05, 0) is 23.3 Å². The maximum atomic E-state index is 7.53. The van der Waals surface area contributed by atoms with Gasteiger partial charge in [-0.15, -0.1) is 11.8 Å². The zero-order chi connectivity index (χ0) is 17.6. The van der Waals surface area contributed by atoms with E-state index in [1.54, 1.807) is 11.8 Å². The maximum Gasteiger partial charge on any atom is 0.188 e. The standard InChI is InChI=1S/C18H22BrN5S/c19-16-6-2-1-4-15(16)13-25-17-14(5-3-7-22-17)12-23-8-10-24(11-9-23)18(20)21/h1-7H,8-13H2,(H3,20,21). The summed E-state index contributed by atoms with van der Waals surface area (Å²) in [4.78, 5) is 8.91. The van der Waals surface area contributed by atoms with Crippen molar-refractivity contribution in [3.63, 3.8) is 0 Å². The highest BCUT2D eigenvalue weighted by Crippen LogP contribution is 2.28. The van der Waals surface area contributed by atoms with Crippen molar-refractivity contribution in [1.29, 1.82) is 5.41 Å². The van der Waals surface area contributed by atoms with Gasteiger partial charge in [-0.2, -0.15) is 0 Å². The molecule has 0 atom stereocenters. The SMILES string of the molecule is N=C(N)N1CCN(Cc2cccnc2SCc2ccccc2Br)CC1. The van der Waals surface area contributed by atoms with Gasteiger partial charge in [0.25, 0.3) is 0 Å². The molecule has 0 saturated carbocycles. The minimum Gasteiger partial charge on any atom is -0.370 e. The summed E-state index contributed by atoms with van der Waals surface area (Å²) in [6.07, 6.45) is 1.86. The van der Waals surface area contributed by atoms with E-state index >= 15 is 0 Å². The van der Waals surface area contributed by atoms with Crippen molar-refractivity contribution in [2.45, 2.75) is 17.3 Å². The number of guanidine groups is 1. The molecule has 0 bridgehead atoms. The number of nitrogens with zero attached hydrogens (tertiary/aromatic N) is 3. The largest absolute Gasteiger partial charge is 0.370 e. The fourth-order valence-electron chi connectivity index (χ4n) is 2.82. The molecule has 0 amide bonds. The molecule has 1 aromatic carbocycles. The fraction of sp³-hybridized carbons (Fsp3) is 0.333. The van der Waals surface area contributed by atoms with Gasteiger partial charge in [-0.25, -0.2) is 4.98 Å². The Hall–Kier alpha value is -1.57. The van der Waals surface area contributed by atoms with Gasteiger partial charge < -0.3 is 10.6 Å². The molecule has 2 aromatic rings. The highest BCUT2D eigenvalue weighted by atomic mass is 79.9. The molecule has 0 radical (unpaired) electrons. The fourth-order valence-corrected chi connectivity index (χ4v) is 4.43. The molecule has 1 aromatic heterocycles. The number of benzene rings is 1. The van der Waals surface area contributed by atoms with Gasteiger partial charge in [0, 0.05) is 49.1 Å². The molecular formula is C18H22BrN5S. The van der Waals surface area contributed by atoms with E-state index in [1.165, 1.54) is 11.1 Å². The number of pyridine rings is 1. The average Bonchev–Trinajstić information content (AvgIpc) is 2.62. The van der Waals surface area contributed by atoms with Crippen LogP contribution in [0.25, 0.3) is 0 Å². The molecule has 5 nitrogen and oxygen atoms in total. The third-order valence-corrected chi connectivity index (χ3v) is 6.15. The van der Waals surface area contributed by atoms with Crippen molar-refractivity contribution >= 4 is 33.7 Å². The summed E-state index contributed by atoms with van der Waals surface area (Å²) in [6.45, 7) is 4.35. The number of hydrogen-bond acceptors (Lipinski definition) is 4. The van der Waals surface area contributed by atoms with Crippen molar-refractivity contribution in [3.05, 3.63) is 58.2 Å². The third-order valence-electron chi connectivity index (χ3n) is 4.28. The van der Waals surface area contributed by atoms with Gasteiger partial charge in [0.15, 0.2) is 5.96 Å². The van der Waals surface area contributed by atoms with E-state index in [4.69, 9.17) is 11.1 Å². The van der Waals surface area contributed by atoms with Gasteiger partial charge in [0.05, 0.1) is 0 Å². The number of rotatable bonds is 5. The van der Waals surface area contributed by atoms with Crippen molar-refractivity contribution in [3.8, 4) is 0 Å². The summed E-state index contributed by atoms with van der Waals surface area (Å²) < 4.78 is 1.14. The molecule has 2 heterocycles. The number of halogens is 1. The summed E-state index contributed by atoms with van der Waals surface area (Å²) in [5.41, 5.74) is 8.11. The van der Waals surface area contributed by atoms with Crippen molar-refractivity contribution < 1.29 is 0 Å². The van der Waals surface area contributed by atoms with Gasteiger partial charge in [-0.3, -0.25) is 10.3 Å². The highest BCUT2D eigenvalue weighted by Gasteiger charge is 2.18. The van der Waals surface area contributed by atoms with E-state index in [0.29, 0.717) is 0 Å². The molecular weight excluding hydrogens is 398 g/mol. The highest BCUT2D eigenvalue weighted by molar-refractivity contribution is 9.10. The Morgan fingerprint density at radius 2 is 1.84 bits per heavy atom. The zero-order valence-electron chi connectivity index (χ0n) is 14.0. The van der Waals surface area contributed by atoms with Crippen molar-refractivity contribution in [2.24, 2.45) is 5.73 Å². The number of hydrogen-bond donors (Lipinski definition) is 2. The first-order valence-electron chi connectivity index (χ1n) is 8.25. The molecule has 1 fully saturated rings. The summed E-state index contributed by atoms with van der Waals surface area (Å²) in [7, 11) is 0. The second-order valence-electron chi connectivity index (χ2n) is 6.00. The molecule has 1 aliphatic rings.